The van der Waals surface area contributed by atoms with Crippen LogP contribution in [0.3, 0.4) is 0 Å². The smallest absolute Gasteiger partial charge is 0.408 e. The van der Waals surface area contributed by atoms with Crippen LogP contribution in [0, 0.1) is 17.8 Å². The van der Waals surface area contributed by atoms with Gasteiger partial charge >= 0.3 is 12.1 Å². The summed E-state index contributed by atoms with van der Waals surface area (Å²) in [5.41, 5.74) is -2.17. The molecule has 0 spiro atoms. The zero-order chi connectivity index (χ0) is 38.2. The van der Waals surface area contributed by atoms with Gasteiger partial charge < -0.3 is 29.7 Å². The average Bonchev–Trinajstić information content (AvgIpc) is 3.94. The van der Waals surface area contributed by atoms with Gasteiger partial charge in [-0.2, -0.15) is 0 Å². The number of rotatable bonds is 7. The minimum atomic E-state index is -4.01. The third kappa shape index (κ3) is 8.72. The van der Waals surface area contributed by atoms with E-state index in [0.717, 1.165) is 6.42 Å². The lowest BCUT2D eigenvalue weighted by atomic mass is 9.88. The molecule has 0 aromatic heterocycles. The number of hydrogen-bond acceptors (Lipinski definition) is 10. The molecule has 3 N–H and O–H groups in total. The average molecular weight is 745 g/mol. The highest BCUT2D eigenvalue weighted by atomic mass is 32.2. The van der Waals surface area contributed by atoms with Gasteiger partial charge in [0.2, 0.25) is 21.8 Å². The van der Waals surface area contributed by atoms with Gasteiger partial charge in [-0.05, 0) is 102 Å². The van der Waals surface area contributed by atoms with Crippen LogP contribution in [0.15, 0.2) is 36.4 Å². The normalized spacial score (nSPS) is 30.3. The van der Waals surface area contributed by atoms with E-state index in [1.165, 1.54) is 24.1 Å². The first-order valence-corrected chi connectivity index (χ1v) is 19.5. The van der Waals surface area contributed by atoms with Crippen molar-refractivity contribution in [1.29, 1.82) is 0 Å². The Balaban J connectivity index is 1.47. The number of allylic oxidation sites excluding steroid dienone is 1. The molecule has 0 radical (unpaired) electrons. The molecule has 2 aliphatic heterocycles. The van der Waals surface area contributed by atoms with Crippen LogP contribution in [-0.4, -0.2) is 90.8 Å². The number of nitrogens with zero attached hydrogens (tertiary/aromatic N) is 1. The maximum atomic E-state index is 14.6. The van der Waals surface area contributed by atoms with Crippen LogP contribution >= 0.6 is 0 Å². The summed E-state index contributed by atoms with van der Waals surface area (Å²) in [5, 5.41) is 5.57. The van der Waals surface area contributed by atoms with E-state index in [0.29, 0.717) is 31.4 Å². The first-order valence-electron chi connectivity index (χ1n) is 18.0. The van der Waals surface area contributed by atoms with Gasteiger partial charge in [-0.15, -0.1) is 0 Å². The second kappa shape index (κ2) is 14.7. The number of ether oxygens (including phenoxy) is 3. The molecule has 5 rings (SSSR count). The monoisotopic (exact) mass is 744 g/mol. The fourth-order valence-corrected chi connectivity index (χ4v) is 8.29. The van der Waals surface area contributed by atoms with Crippen LogP contribution < -0.4 is 20.1 Å². The second-order valence-corrected chi connectivity index (χ2v) is 18.3. The molecule has 2 aliphatic carbocycles. The van der Waals surface area contributed by atoms with E-state index in [-0.39, 0.29) is 36.8 Å². The summed E-state index contributed by atoms with van der Waals surface area (Å²) >= 11 is 0. The Morgan fingerprint density at radius 2 is 1.71 bits per heavy atom. The number of fused-ring (bicyclic) bond motifs is 2. The van der Waals surface area contributed by atoms with Crippen LogP contribution in [0.1, 0.15) is 96.8 Å². The molecule has 2 saturated carbocycles. The minimum absolute atomic E-state index is 0.0992. The molecule has 2 heterocycles. The van der Waals surface area contributed by atoms with Crippen LogP contribution in [0.2, 0.25) is 0 Å². The predicted octanol–water partition coefficient (Wildman–Crippen LogP) is 3.60. The predicted molar refractivity (Wildman–Crippen MR) is 190 cm³/mol. The van der Waals surface area contributed by atoms with Gasteiger partial charge in [-0.3, -0.25) is 19.1 Å². The van der Waals surface area contributed by atoms with Crippen molar-refractivity contribution in [1.82, 2.24) is 20.3 Å². The van der Waals surface area contributed by atoms with E-state index in [4.69, 9.17) is 14.2 Å². The number of esters is 1. The van der Waals surface area contributed by atoms with E-state index in [1.807, 2.05) is 26.0 Å². The molecule has 4 aliphatic rings. The molecule has 52 heavy (non-hydrogen) atoms. The summed E-state index contributed by atoms with van der Waals surface area (Å²) < 4.78 is 43.9. The van der Waals surface area contributed by atoms with E-state index in [1.54, 1.807) is 39.8 Å². The first-order chi connectivity index (χ1) is 24.3. The molecular weight excluding hydrogens is 692 g/mol. The van der Waals surface area contributed by atoms with E-state index in [2.05, 4.69) is 15.4 Å². The van der Waals surface area contributed by atoms with E-state index in [9.17, 15) is 32.4 Å². The van der Waals surface area contributed by atoms with Crippen LogP contribution in [0.5, 0.6) is 5.75 Å². The molecule has 1 aromatic carbocycles. The number of alkyl carbamates (subject to hydrolysis) is 1. The molecule has 14 nitrogen and oxygen atoms in total. The Hall–Kier alpha value is -4.14. The van der Waals surface area contributed by atoms with E-state index >= 15 is 0 Å². The highest BCUT2D eigenvalue weighted by molar-refractivity contribution is 7.91. The summed E-state index contributed by atoms with van der Waals surface area (Å²) in [4.78, 5) is 70.2. The molecule has 4 amide bonds. The molecule has 0 bridgehead atoms. The summed E-state index contributed by atoms with van der Waals surface area (Å²) in [5.74, 6) is -2.97. The standard InChI is InChI=1S/C37H52N4O10S/c1-22-10-8-9-11-25-20-37(25,33(45)40-52(47,48)36(6)16-17-36)39-30(42)28-19-27(50-32(44)24-12-14-26(49-7)15-13-24)21-41(28)31(43)29(23(2)18-22)38-34(46)51-35(3,4)5/h9,11-15,22-23,25,27-29H,8,10,16-21H2,1-7H3,(H,38,46)(H,39,42)(H,40,45). The Morgan fingerprint density at radius 1 is 1.04 bits per heavy atom. The molecular formula is C37H52N4O10S. The maximum Gasteiger partial charge on any atom is 0.408 e. The lowest BCUT2D eigenvalue weighted by Crippen LogP contribution is -2.59. The molecule has 1 saturated heterocycles. The first kappa shape index (κ1) is 39.1. The molecule has 1 aromatic rings. The van der Waals surface area contributed by atoms with Gasteiger partial charge in [-0.25, -0.2) is 18.0 Å². The van der Waals surface area contributed by atoms with Crippen molar-refractivity contribution in [3.8, 4) is 5.75 Å². The molecule has 3 fully saturated rings. The number of amides is 4. The molecule has 286 valence electrons. The van der Waals surface area contributed by atoms with Gasteiger partial charge in [0.05, 0.1) is 24.0 Å². The van der Waals surface area contributed by atoms with Crippen molar-refractivity contribution in [3.63, 3.8) is 0 Å². The van der Waals surface area contributed by atoms with Crippen molar-refractivity contribution in [2.75, 3.05) is 13.7 Å². The summed E-state index contributed by atoms with van der Waals surface area (Å²) in [6, 6.07) is 3.98. The van der Waals surface area contributed by atoms with E-state index < -0.39 is 79.8 Å². The van der Waals surface area contributed by atoms with Crippen molar-refractivity contribution in [2.24, 2.45) is 17.8 Å². The maximum absolute atomic E-state index is 14.6. The fraction of sp³-hybridized carbons (Fsp3) is 0.649. The summed E-state index contributed by atoms with van der Waals surface area (Å²) in [6.07, 6.45) is 4.92. The van der Waals surface area contributed by atoms with Gasteiger partial charge in [0.1, 0.15) is 35.1 Å². The molecule has 7 atom stereocenters. The van der Waals surface area contributed by atoms with Gasteiger partial charge in [-0.1, -0.05) is 26.0 Å². The van der Waals surface area contributed by atoms with Crippen molar-refractivity contribution in [2.45, 2.75) is 121 Å². The number of methoxy groups -OCH3 is 1. The Kier molecular flexibility index (Phi) is 11.1. The van der Waals surface area contributed by atoms with Gasteiger partial charge in [0, 0.05) is 12.3 Å². The molecule has 15 heteroatoms. The highest BCUT2D eigenvalue weighted by Gasteiger charge is 2.63. The molecule has 7 unspecified atom stereocenters. The van der Waals surface area contributed by atoms with Crippen LogP contribution in [-0.2, 0) is 33.9 Å². The largest absolute Gasteiger partial charge is 0.497 e. The van der Waals surface area contributed by atoms with Crippen molar-refractivity contribution in [3.05, 3.63) is 42.0 Å². The number of carbonyl (C=O) groups excluding carboxylic acids is 5. The van der Waals surface area contributed by atoms with Crippen LogP contribution in [0.4, 0.5) is 4.79 Å². The number of hydrogen-bond donors (Lipinski definition) is 3. The Labute approximate surface area is 305 Å². The van der Waals surface area contributed by atoms with Gasteiger partial charge in [0.25, 0.3) is 5.91 Å². The highest BCUT2D eigenvalue weighted by Crippen LogP contribution is 2.47. The Bertz CT molecular complexity index is 1700. The Morgan fingerprint density at radius 3 is 2.33 bits per heavy atom. The van der Waals surface area contributed by atoms with Crippen molar-refractivity contribution >= 4 is 39.8 Å². The summed E-state index contributed by atoms with van der Waals surface area (Å²) in [6.45, 7) is 10.4. The second-order valence-electron chi connectivity index (χ2n) is 16.1. The third-order valence-corrected chi connectivity index (χ3v) is 12.7. The topological polar surface area (TPSA) is 187 Å². The number of nitrogens with one attached hydrogen (secondary N) is 3. The number of benzene rings is 1. The van der Waals surface area contributed by atoms with Crippen LogP contribution in [0.25, 0.3) is 0 Å². The number of sulfonamides is 1. The lowest BCUT2D eigenvalue weighted by Gasteiger charge is -2.33. The SMILES string of the molecule is COc1ccc(C(=O)OC2CC3C(=O)NC4(C(=O)NS(=O)(=O)C5(C)CC5)CC4C=CCCC(C)CC(C)C(NC(=O)OC(C)(C)C)C(=O)N3C2)cc1. The third-order valence-electron chi connectivity index (χ3n) is 10.5. The zero-order valence-corrected chi connectivity index (χ0v) is 31.8. The number of carbonyl (C=O) groups is 5. The fourth-order valence-electron chi connectivity index (χ4n) is 6.98. The van der Waals surface area contributed by atoms with Crippen molar-refractivity contribution < 1.29 is 46.6 Å². The zero-order valence-electron chi connectivity index (χ0n) is 31.0. The lowest BCUT2D eigenvalue weighted by molar-refractivity contribution is -0.142. The summed E-state index contributed by atoms with van der Waals surface area (Å²) in [7, 11) is -2.51. The van der Waals surface area contributed by atoms with Gasteiger partial charge in [0.15, 0.2) is 0 Å². The minimum Gasteiger partial charge on any atom is -0.497 e. The quantitative estimate of drug-likeness (QED) is 0.275.